The highest BCUT2D eigenvalue weighted by Crippen LogP contribution is 2.39. The van der Waals surface area contributed by atoms with E-state index in [4.69, 9.17) is 4.42 Å². The quantitative estimate of drug-likeness (QED) is 0.930. The second kappa shape index (κ2) is 5.66. The molecule has 21 heavy (non-hydrogen) atoms. The van der Waals surface area contributed by atoms with Crippen molar-refractivity contribution in [1.82, 2.24) is 10.2 Å². The number of nitrogens with one attached hydrogen (secondary N) is 1. The predicted molar refractivity (Wildman–Crippen MR) is 82.8 cm³/mol. The van der Waals surface area contributed by atoms with Crippen molar-refractivity contribution in [2.75, 3.05) is 6.54 Å². The minimum atomic E-state index is 0.508. The van der Waals surface area contributed by atoms with Gasteiger partial charge >= 0.3 is 0 Å². The van der Waals surface area contributed by atoms with E-state index in [1.165, 1.54) is 30.4 Å². The van der Waals surface area contributed by atoms with Crippen molar-refractivity contribution in [3.63, 3.8) is 0 Å². The van der Waals surface area contributed by atoms with Crippen molar-refractivity contribution in [2.24, 2.45) is 0 Å². The molecule has 0 spiro atoms. The minimum absolute atomic E-state index is 0.508. The van der Waals surface area contributed by atoms with Crippen molar-refractivity contribution < 1.29 is 4.42 Å². The molecule has 4 rings (SSSR count). The molecule has 3 nitrogen and oxygen atoms in total. The lowest BCUT2D eigenvalue weighted by Crippen LogP contribution is -2.31. The fourth-order valence-corrected chi connectivity index (χ4v) is 3.46. The molecule has 2 heterocycles. The molecular weight excluding hydrogens is 260 g/mol. The molecule has 1 fully saturated rings. The Morgan fingerprint density at radius 1 is 1.10 bits per heavy atom. The van der Waals surface area contributed by atoms with Gasteiger partial charge in [0.2, 0.25) is 0 Å². The first-order valence-corrected chi connectivity index (χ1v) is 7.98. The third-order valence-corrected chi connectivity index (χ3v) is 4.66. The summed E-state index contributed by atoms with van der Waals surface area (Å²) in [4.78, 5) is 2.66. The number of hydrogen-bond donors (Lipinski definition) is 1. The van der Waals surface area contributed by atoms with E-state index < -0.39 is 0 Å². The van der Waals surface area contributed by atoms with Crippen LogP contribution in [0.4, 0.5) is 0 Å². The summed E-state index contributed by atoms with van der Waals surface area (Å²) in [5.74, 6) is 1.08. The number of rotatable bonds is 4. The molecule has 1 unspecified atom stereocenters. The zero-order valence-electron chi connectivity index (χ0n) is 12.3. The van der Waals surface area contributed by atoms with Crippen LogP contribution in [0.15, 0.2) is 47.1 Å². The molecule has 2 aliphatic rings. The Kier molecular flexibility index (Phi) is 3.53. The van der Waals surface area contributed by atoms with Gasteiger partial charge < -0.3 is 9.73 Å². The molecule has 110 valence electrons. The number of hydrogen-bond acceptors (Lipinski definition) is 3. The van der Waals surface area contributed by atoms with Crippen LogP contribution in [-0.4, -0.2) is 17.5 Å². The van der Waals surface area contributed by atoms with Gasteiger partial charge in [-0.25, -0.2) is 0 Å². The van der Waals surface area contributed by atoms with Crippen LogP contribution in [0.3, 0.4) is 0 Å². The van der Waals surface area contributed by atoms with Gasteiger partial charge in [-0.15, -0.1) is 0 Å². The Morgan fingerprint density at radius 2 is 2.00 bits per heavy atom. The van der Waals surface area contributed by atoms with Crippen LogP contribution in [0.5, 0.6) is 0 Å². The van der Waals surface area contributed by atoms with E-state index in [0.29, 0.717) is 6.04 Å². The lowest BCUT2D eigenvalue weighted by atomic mass is 9.97. The van der Waals surface area contributed by atoms with Gasteiger partial charge in [-0.2, -0.15) is 0 Å². The summed E-state index contributed by atoms with van der Waals surface area (Å²) in [5, 5.41) is 3.56. The second-order valence-corrected chi connectivity index (χ2v) is 6.16. The average molecular weight is 282 g/mol. The largest absolute Gasteiger partial charge is 0.468 e. The van der Waals surface area contributed by atoms with Gasteiger partial charge in [0.1, 0.15) is 5.76 Å². The summed E-state index contributed by atoms with van der Waals surface area (Å²) in [5.41, 5.74) is 2.95. The zero-order valence-corrected chi connectivity index (χ0v) is 12.3. The van der Waals surface area contributed by atoms with Gasteiger partial charge in [-0.3, -0.25) is 4.90 Å². The Hall–Kier alpha value is -1.58. The summed E-state index contributed by atoms with van der Waals surface area (Å²) in [7, 11) is 0. The van der Waals surface area contributed by atoms with Crippen LogP contribution in [0, 0.1) is 0 Å². The van der Waals surface area contributed by atoms with Crippen LogP contribution >= 0.6 is 0 Å². The third-order valence-electron chi connectivity index (χ3n) is 4.66. The van der Waals surface area contributed by atoms with E-state index in [0.717, 1.165) is 31.4 Å². The van der Waals surface area contributed by atoms with Gasteiger partial charge in [-0.05, 0) is 49.1 Å². The summed E-state index contributed by atoms with van der Waals surface area (Å²) >= 11 is 0. The lowest BCUT2D eigenvalue weighted by Gasteiger charge is -2.31. The second-order valence-electron chi connectivity index (χ2n) is 6.16. The first-order valence-electron chi connectivity index (χ1n) is 7.98. The summed E-state index contributed by atoms with van der Waals surface area (Å²) in [6.07, 6.45) is 5.61. The molecule has 1 aliphatic heterocycles. The highest BCUT2D eigenvalue weighted by molar-refractivity contribution is 5.31. The lowest BCUT2D eigenvalue weighted by molar-refractivity contribution is 0.157. The molecule has 0 radical (unpaired) electrons. The van der Waals surface area contributed by atoms with Gasteiger partial charge in [0.25, 0.3) is 0 Å². The standard InChI is InChI=1S/C18H22N2O/c1-2-6-17-14(4-1)12-19-10-9-18(17)20(15-7-8-15)13-16-5-3-11-21-16/h1-6,11,15,18-19H,7-10,12-13H2. The van der Waals surface area contributed by atoms with E-state index in [-0.39, 0.29) is 0 Å². The zero-order chi connectivity index (χ0) is 14.1. The Balaban J connectivity index is 1.65. The van der Waals surface area contributed by atoms with Crippen molar-refractivity contribution in [2.45, 2.75) is 44.4 Å². The van der Waals surface area contributed by atoms with E-state index in [1.54, 1.807) is 6.26 Å². The maximum absolute atomic E-state index is 5.59. The topological polar surface area (TPSA) is 28.4 Å². The molecule has 0 bridgehead atoms. The number of fused-ring (bicyclic) bond motifs is 1. The van der Waals surface area contributed by atoms with Crippen molar-refractivity contribution >= 4 is 0 Å². The molecule has 0 amide bonds. The SMILES string of the molecule is c1coc(CN(C2CC2)C2CCNCc3ccccc32)c1. The Morgan fingerprint density at radius 3 is 2.81 bits per heavy atom. The predicted octanol–water partition coefficient (Wildman–Crippen LogP) is 3.48. The molecule has 2 aromatic rings. The van der Waals surface area contributed by atoms with E-state index in [1.807, 2.05) is 6.07 Å². The molecule has 1 aromatic heterocycles. The van der Waals surface area contributed by atoms with Gasteiger partial charge in [-0.1, -0.05) is 24.3 Å². The van der Waals surface area contributed by atoms with Crippen molar-refractivity contribution in [1.29, 1.82) is 0 Å². The average Bonchev–Trinajstić information content (AvgIpc) is 3.27. The third kappa shape index (κ3) is 2.76. The van der Waals surface area contributed by atoms with E-state index in [9.17, 15) is 0 Å². The molecule has 0 saturated heterocycles. The number of furan rings is 1. The first kappa shape index (κ1) is 13.1. The van der Waals surface area contributed by atoms with Crippen LogP contribution in [0.1, 0.15) is 42.2 Å². The summed E-state index contributed by atoms with van der Waals surface area (Å²) in [6.45, 7) is 3.00. The monoisotopic (exact) mass is 282 g/mol. The van der Waals surface area contributed by atoms with Gasteiger partial charge in [0.05, 0.1) is 12.8 Å². The molecule has 3 heteroatoms. The van der Waals surface area contributed by atoms with Crippen molar-refractivity contribution in [3.05, 3.63) is 59.5 Å². The Labute approximate surface area is 126 Å². The van der Waals surface area contributed by atoms with Gasteiger partial charge in [0.15, 0.2) is 0 Å². The number of benzene rings is 1. The molecular formula is C18H22N2O. The summed E-state index contributed by atoms with van der Waals surface area (Å²) < 4.78 is 5.59. The minimum Gasteiger partial charge on any atom is -0.468 e. The first-order chi connectivity index (χ1) is 10.4. The molecule has 1 aliphatic carbocycles. The fourth-order valence-electron chi connectivity index (χ4n) is 3.46. The molecule has 1 N–H and O–H groups in total. The molecule has 1 saturated carbocycles. The normalized spacial score (nSPS) is 22.0. The maximum atomic E-state index is 5.59. The van der Waals surface area contributed by atoms with Crippen LogP contribution in [0.25, 0.3) is 0 Å². The highest BCUT2D eigenvalue weighted by atomic mass is 16.3. The van der Waals surface area contributed by atoms with Crippen molar-refractivity contribution in [3.8, 4) is 0 Å². The number of nitrogens with zero attached hydrogens (tertiary/aromatic N) is 1. The highest BCUT2D eigenvalue weighted by Gasteiger charge is 2.36. The smallest absolute Gasteiger partial charge is 0.117 e. The van der Waals surface area contributed by atoms with Crippen LogP contribution in [-0.2, 0) is 13.1 Å². The van der Waals surface area contributed by atoms with E-state index in [2.05, 4.69) is 40.5 Å². The van der Waals surface area contributed by atoms with Crippen LogP contribution < -0.4 is 5.32 Å². The molecule has 1 atom stereocenters. The Bertz CT molecular complexity index is 589. The van der Waals surface area contributed by atoms with Crippen LogP contribution in [0.2, 0.25) is 0 Å². The van der Waals surface area contributed by atoms with E-state index >= 15 is 0 Å². The molecule has 1 aromatic carbocycles. The summed E-state index contributed by atoms with van der Waals surface area (Å²) in [6, 6.07) is 14.2. The maximum Gasteiger partial charge on any atom is 0.117 e. The van der Waals surface area contributed by atoms with Gasteiger partial charge in [0, 0.05) is 18.6 Å². The fraction of sp³-hybridized carbons (Fsp3) is 0.444.